The SMILES string of the molecule is N.NN=O. The highest BCUT2D eigenvalue weighted by Crippen LogP contribution is 1.12. The van der Waals surface area contributed by atoms with Crippen LogP contribution in [0.25, 0.3) is 0 Å². The van der Waals surface area contributed by atoms with E-state index < -0.39 is 0 Å². The maximum Gasteiger partial charge on any atom is 0.0468 e. The van der Waals surface area contributed by atoms with Gasteiger partial charge in [0.1, 0.15) is 0 Å². The van der Waals surface area contributed by atoms with E-state index in [1.54, 1.807) is 5.29 Å². The Labute approximate surface area is 23.5 Å². The smallest absolute Gasteiger partial charge is 0.0468 e. The van der Waals surface area contributed by atoms with Gasteiger partial charge in [-0.1, -0.05) is 0 Å². The van der Waals surface area contributed by atoms with Crippen LogP contribution in [-0.2, 0) is 0 Å². The van der Waals surface area contributed by atoms with Gasteiger partial charge in [0.15, 0.2) is 0 Å². The van der Waals surface area contributed by atoms with Crippen LogP contribution in [0.15, 0.2) is 5.29 Å². The number of hydrogen-bond acceptors (Lipinski definition) is 3. The van der Waals surface area contributed by atoms with Crippen molar-refractivity contribution in [1.29, 1.82) is 0 Å². The molecule has 0 aliphatic rings. The summed E-state index contributed by atoms with van der Waals surface area (Å²) in [6.45, 7) is 0. The lowest BCUT2D eigenvalue weighted by Crippen LogP contribution is -1.66. The molecule has 0 aromatic carbocycles. The van der Waals surface area contributed by atoms with Crippen molar-refractivity contribution in [2.45, 2.75) is 0 Å². The fraction of sp³-hybridized carbons (Fsp3) is 0. The summed E-state index contributed by atoms with van der Waals surface area (Å²) in [7, 11) is 0. The highest BCUT2D eigenvalue weighted by molar-refractivity contribution is 3.93. The van der Waals surface area contributed by atoms with Gasteiger partial charge in [-0.05, 0) is 0 Å². The van der Waals surface area contributed by atoms with Crippen molar-refractivity contribution in [2.24, 2.45) is 11.1 Å². The molecule has 26 valence electrons. The lowest BCUT2D eigenvalue weighted by Gasteiger charge is -1.33. The van der Waals surface area contributed by atoms with E-state index in [2.05, 4.69) is 5.84 Å². The second kappa shape index (κ2) is 33.7. The summed E-state index contributed by atoms with van der Waals surface area (Å²) in [6, 6.07) is 0. The van der Waals surface area contributed by atoms with Crippen molar-refractivity contribution in [1.82, 2.24) is 6.15 Å². The minimum Gasteiger partial charge on any atom is -0.344 e. The van der Waals surface area contributed by atoms with Gasteiger partial charge in [0.2, 0.25) is 0 Å². The van der Waals surface area contributed by atoms with Crippen LogP contribution in [0, 0.1) is 4.91 Å². The van der Waals surface area contributed by atoms with E-state index in [0.29, 0.717) is 0 Å². The molecule has 0 amide bonds. The molecule has 0 fully saturated rings. The maximum atomic E-state index is 8.33. The van der Waals surface area contributed by atoms with Crippen molar-refractivity contribution in [3.05, 3.63) is 4.91 Å². The molecule has 0 heterocycles. The standard InChI is InChI=1S/H2N2O.H3N/c1-2-3;/h(H2,1,3);1H3. The molecule has 0 aliphatic heterocycles. The number of rotatable bonds is 0. The molecular weight excluding hydrogens is 58.0 g/mol. The van der Waals surface area contributed by atoms with Crippen LogP contribution in [-0.4, -0.2) is 0 Å². The predicted molar refractivity (Wildman–Crippen MR) is 15.0 cm³/mol. The molecule has 0 saturated heterocycles. The first-order valence-corrected chi connectivity index (χ1v) is 0.441. The first kappa shape index (κ1) is 10.1. The van der Waals surface area contributed by atoms with E-state index >= 15 is 0 Å². The third-order valence-corrected chi connectivity index (χ3v) is 0. The van der Waals surface area contributed by atoms with Gasteiger partial charge < -0.3 is 6.15 Å². The van der Waals surface area contributed by atoms with Crippen LogP contribution in [0.4, 0.5) is 0 Å². The minimum atomic E-state index is 0. The summed E-state index contributed by atoms with van der Waals surface area (Å²) in [6.07, 6.45) is 0. The second-order valence-corrected chi connectivity index (χ2v) is 0.105. The number of nitroso groups, excluding NO2 is 1. The third kappa shape index (κ3) is 0.430. The molecule has 0 aliphatic carbocycles. The summed E-state index contributed by atoms with van der Waals surface area (Å²) in [5.74, 6) is 3.92. The minimum absolute atomic E-state index is 0. The average molecular weight is 63.1 g/mol. The first-order valence-electron chi connectivity index (χ1n) is 0.441. The fourth-order valence-electron chi connectivity index (χ4n) is 0. The zero-order valence-electron chi connectivity index (χ0n) is 2.14. The van der Waals surface area contributed by atoms with Gasteiger partial charge in [0.05, 0.1) is 0 Å². The van der Waals surface area contributed by atoms with E-state index in [1.807, 2.05) is 0 Å². The number of nitrogens with two attached hydrogens (primary N) is 1. The van der Waals surface area contributed by atoms with Gasteiger partial charge >= 0.3 is 0 Å². The molecule has 0 aromatic heterocycles. The van der Waals surface area contributed by atoms with Gasteiger partial charge in [-0.15, -0.1) is 4.91 Å². The lowest BCUT2D eigenvalue weighted by atomic mass is 12.9. The van der Waals surface area contributed by atoms with Crippen molar-refractivity contribution >= 4 is 0 Å². The maximum absolute atomic E-state index is 8.33. The first-order chi connectivity index (χ1) is 1.41. The molecule has 0 bridgehead atoms. The summed E-state index contributed by atoms with van der Waals surface area (Å²) < 4.78 is 0. The van der Waals surface area contributed by atoms with Crippen molar-refractivity contribution in [3.63, 3.8) is 0 Å². The molecule has 0 unspecified atom stereocenters. The number of hydrogen-bond donors (Lipinski definition) is 2. The predicted octanol–water partition coefficient (Wildman–Crippen LogP) is -0.212. The van der Waals surface area contributed by atoms with Crippen LogP contribution in [0.2, 0.25) is 0 Å². The van der Waals surface area contributed by atoms with Gasteiger partial charge in [-0.2, -0.15) is 0 Å². The van der Waals surface area contributed by atoms with Gasteiger partial charge in [0.25, 0.3) is 0 Å². The van der Waals surface area contributed by atoms with Gasteiger partial charge in [-0.25, -0.2) is 0 Å². The topological polar surface area (TPSA) is 90.4 Å². The Balaban J connectivity index is 0. The summed E-state index contributed by atoms with van der Waals surface area (Å²) >= 11 is 0. The Morgan fingerprint density at radius 3 is 1.75 bits per heavy atom. The largest absolute Gasteiger partial charge is 0.344 e. The third-order valence-electron chi connectivity index (χ3n) is 0. The van der Waals surface area contributed by atoms with Gasteiger partial charge in [-0.3, -0.25) is 5.84 Å². The van der Waals surface area contributed by atoms with Crippen LogP contribution in [0.3, 0.4) is 0 Å². The van der Waals surface area contributed by atoms with E-state index in [4.69, 9.17) is 4.91 Å². The zero-order valence-corrected chi connectivity index (χ0v) is 2.14. The van der Waals surface area contributed by atoms with Crippen molar-refractivity contribution in [3.8, 4) is 0 Å². The highest BCUT2D eigenvalue weighted by Gasteiger charge is 1.14. The van der Waals surface area contributed by atoms with Crippen LogP contribution in [0.5, 0.6) is 0 Å². The molecule has 0 saturated carbocycles. The zero-order chi connectivity index (χ0) is 2.71. The fourth-order valence-corrected chi connectivity index (χ4v) is 0. The Bertz CT molecular complexity index is 10.8. The monoisotopic (exact) mass is 63.0 g/mol. The average Bonchev–Trinajstić information content (AvgIpc) is 0.918. The Kier molecular flexibility index (Phi) is 85.2. The highest BCUT2D eigenvalue weighted by atomic mass is 16.3. The molecule has 4 heteroatoms. The second-order valence-electron chi connectivity index (χ2n) is 0.105. The Morgan fingerprint density at radius 2 is 1.75 bits per heavy atom. The van der Waals surface area contributed by atoms with Crippen LogP contribution < -0.4 is 12.0 Å². The summed E-state index contributed by atoms with van der Waals surface area (Å²) in [5.41, 5.74) is 0. The van der Waals surface area contributed by atoms with Crippen molar-refractivity contribution in [2.75, 3.05) is 0 Å². The molecule has 0 aromatic rings. The normalized spacial score (nSPS) is 3.00. The molecular formula is H5N3O. The molecule has 5 N–H and O–H groups in total. The molecule has 0 atom stereocenters. The van der Waals surface area contributed by atoms with Gasteiger partial charge in [0, 0.05) is 5.29 Å². The van der Waals surface area contributed by atoms with E-state index in [-0.39, 0.29) is 6.15 Å². The molecule has 0 rings (SSSR count). The number of nitrogens with zero attached hydrogens (tertiary/aromatic N) is 1. The molecule has 4 nitrogen and oxygen atoms in total. The van der Waals surface area contributed by atoms with Crippen LogP contribution >= 0.6 is 0 Å². The Morgan fingerprint density at radius 1 is 1.75 bits per heavy atom. The van der Waals surface area contributed by atoms with E-state index in [0.717, 1.165) is 0 Å². The summed E-state index contributed by atoms with van der Waals surface area (Å²) in [5, 5.41) is 1.75. The quantitative estimate of drug-likeness (QED) is 0.231. The van der Waals surface area contributed by atoms with E-state index in [9.17, 15) is 0 Å². The molecule has 0 spiro atoms. The molecule has 4 heavy (non-hydrogen) atoms. The molecule has 0 radical (unpaired) electrons. The lowest BCUT2D eigenvalue weighted by molar-refractivity contribution is 1.23. The van der Waals surface area contributed by atoms with E-state index in [1.165, 1.54) is 0 Å². The summed E-state index contributed by atoms with van der Waals surface area (Å²) in [4.78, 5) is 8.33. The Hall–Kier alpha value is -0.640. The van der Waals surface area contributed by atoms with Crippen LogP contribution in [0.1, 0.15) is 0 Å². The van der Waals surface area contributed by atoms with Crippen molar-refractivity contribution < 1.29 is 0 Å².